The zero-order valence-electron chi connectivity index (χ0n) is 14.7. The maximum atomic E-state index is 12.8. The second-order valence-corrected chi connectivity index (χ2v) is 7.64. The van der Waals surface area contributed by atoms with Crippen molar-refractivity contribution in [2.75, 3.05) is 26.2 Å². The molecular formula is C19H21N3O3S. The lowest BCUT2D eigenvalue weighted by atomic mass is 9.92. The number of carbonyl (C=O) groups is 2. The molecule has 0 aliphatic carbocycles. The Morgan fingerprint density at radius 1 is 1.31 bits per heavy atom. The Balaban J connectivity index is 1.44. The number of nitrogens with zero attached hydrogens (tertiary/aromatic N) is 3. The molecule has 7 heteroatoms. The van der Waals surface area contributed by atoms with Gasteiger partial charge < -0.3 is 9.64 Å². The van der Waals surface area contributed by atoms with Crippen LogP contribution >= 0.6 is 11.3 Å². The third-order valence-electron chi connectivity index (χ3n) is 5.25. The molecule has 6 nitrogen and oxygen atoms in total. The highest BCUT2D eigenvalue weighted by atomic mass is 32.1. The van der Waals surface area contributed by atoms with Gasteiger partial charge in [0.1, 0.15) is 11.6 Å². The van der Waals surface area contributed by atoms with Crippen LogP contribution in [0.2, 0.25) is 0 Å². The van der Waals surface area contributed by atoms with Gasteiger partial charge in [0.15, 0.2) is 0 Å². The normalized spacial score (nSPS) is 22.3. The first kappa shape index (κ1) is 17.0. The number of fused-ring (bicyclic) bond motifs is 1. The van der Waals surface area contributed by atoms with Crippen LogP contribution in [0.15, 0.2) is 35.7 Å². The number of amides is 2. The summed E-state index contributed by atoms with van der Waals surface area (Å²) in [6.45, 7) is 4.01. The van der Waals surface area contributed by atoms with Crippen molar-refractivity contribution in [2.24, 2.45) is 0 Å². The molecule has 2 aliphatic rings. The zero-order chi connectivity index (χ0) is 18.1. The molecule has 0 radical (unpaired) electrons. The van der Waals surface area contributed by atoms with Gasteiger partial charge in [0.05, 0.1) is 17.7 Å². The van der Waals surface area contributed by atoms with Crippen molar-refractivity contribution in [1.29, 1.82) is 0 Å². The molecule has 2 amide bonds. The molecule has 3 heterocycles. The number of hydrogen-bond donors (Lipinski definition) is 0. The molecule has 26 heavy (non-hydrogen) atoms. The zero-order valence-corrected chi connectivity index (χ0v) is 15.5. The minimum atomic E-state index is -0.373. The van der Waals surface area contributed by atoms with E-state index in [9.17, 15) is 9.59 Å². The summed E-state index contributed by atoms with van der Waals surface area (Å²) in [7, 11) is 0. The predicted octanol–water partition coefficient (Wildman–Crippen LogP) is 2.80. The van der Waals surface area contributed by atoms with E-state index in [1.165, 1.54) is 0 Å². The van der Waals surface area contributed by atoms with Gasteiger partial charge in [-0.05, 0) is 6.42 Å². The number of hydrogen-bond acceptors (Lipinski definition) is 5. The van der Waals surface area contributed by atoms with Crippen LogP contribution in [0.3, 0.4) is 0 Å². The number of ether oxygens (including phenoxy) is 1. The quantitative estimate of drug-likeness (QED) is 0.829. The van der Waals surface area contributed by atoms with Gasteiger partial charge in [0, 0.05) is 30.6 Å². The van der Waals surface area contributed by atoms with Gasteiger partial charge in [-0.2, -0.15) is 0 Å². The van der Waals surface area contributed by atoms with Crippen molar-refractivity contribution in [2.45, 2.75) is 25.3 Å². The summed E-state index contributed by atoms with van der Waals surface area (Å²) in [4.78, 5) is 32.9. The minimum absolute atomic E-state index is 0.0572. The van der Waals surface area contributed by atoms with Crippen LogP contribution in [-0.4, -0.2) is 58.6 Å². The van der Waals surface area contributed by atoms with Crippen LogP contribution in [-0.2, 0) is 16.0 Å². The Labute approximate surface area is 156 Å². The monoisotopic (exact) mass is 371 g/mol. The summed E-state index contributed by atoms with van der Waals surface area (Å²) in [5, 5.41) is 2.88. The lowest BCUT2D eigenvalue weighted by Gasteiger charge is -2.44. The first-order chi connectivity index (χ1) is 12.6. The van der Waals surface area contributed by atoms with Gasteiger partial charge in [0.25, 0.3) is 0 Å². The number of cyclic esters (lactones) is 1. The Bertz CT molecular complexity index is 822. The highest BCUT2D eigenvalue weighted by Crippen LogP contribution is 2.32. The molecule has 0 saturated carbocycles. The number of rotatable bonds is 4. The van der Waals surface area contributed by atoms with Crippen LogP contribution in [0.5, 0.6) is 0 Å². The van der Waals surface area contributed by atoms with E-state index >= 15 is 0 Å². The number of thiazole rings is 1. The molecular weight excluding hydrogens is 350 g/mol. The van der Waals surface area contributed by atoms with E-state index in [-0.39, 0.29) is 24.0 Å². The second-order valence-electron chi connectivity index (χ2n) is 6.79. The van der Waals surface area contributed by atoms with E-state index in [4.69, 9.17) is 4.74 Å². The topological polar surface area (TPSA) is 62.7 Å². The highest BCUT2D eigenvalue weighted by molar-refractivity contribution is 7.13. The molecule has 1 aromatic carbocycles. The first-order valence-corrected chi connectivity index (χ1v) is 9.71. The molecule has 2 saturated heterocycles. The maximum Gasteiger partial charge on any atom is 0.410 e. The van der Waals surface area contributed by atoms with Crippen molar-refractivity contribution in [3.8, 4) is 10.6 Å². The van der Waals surface area contributed by atoms with Gasteiger partial charge in [-0.15, -0.1) is 11.3 Å². The van der Waals surface area contributed by atoms with Gasteiger partial charge in [-0.3, -0.25) is 9.69 Å². The predicted molar refractivity (Wildman–Crippen MR) is 98.9 cm³/mol. The van der Waals surface area contributed by atoms with E-state index in [0.717, 1.165) is 22.7 Å². The molecule has 2 aliphatic heterocycles. The molecule has 2 fully saturated rings. The summed E-state index contributed by atoms with van der Waals surface area (Å²) >= 11 is 1.56. The Kier molecular flexibility index (Phi) is 4.40. The standard InChI is InChI=1S/C19H21N3O3S/c1-2-19-12-21(8-9-22(19)18(24)25-13-19)16(23)10-15-11-26-17(20-15)14-6-4-3-5-7-14/h3-7,11H,2,8-10,12-13H2,1H3. The van der Waals surface area contributed by atoms with Crippen LogP contribution in [0.4, 0.5) is 4.79 Å². The van der Waals surface area contributed by atoms with E-state index < -0.39 is 0 Å². The van der Waals surface area contributed by atoms with Crippen molar-refractivity contribution in [3.05, 3.63) is 41.4 Å². The van der Waals surface area contributed by atoms with Crippen LogP contribution < -0.4 is 0 Å². The Morgan fingerprint density at radius 2 is 2.12 bits per heavy atom. The Morgan fingerprint density at radius 3 is 2.88 bits per heavy atom. The van der Waals surface area contributed by atoms with Gasteiger partial charge in [-0.1, -0.05) is 37.3 Å². The van der Waals surface area contributed by atoms with Crippen LogP contribution in [0, 0.1) is 0 Å². The van der Waals surface area contributed by atoms with Crippen molar-refractivity contribution in [3.63, 3.8) is 0 Å². The van der Waals surface area contributed by atoms with Crippen molar-refractivity contribution < 1.29 is 14.3 Å². The molecule has 1 unspecified atom stereocenters. The number of aromatic nitrogens is 1. The maximum absolute atomic E-state index is 12.8. The van der Waals surface area contributed by atoms with E-state index in [1.807, 2.05) is 47.5 Å². The first-order valence-electron chi connectivity index (χ1n) is 8.83. The fourth-order valence-electron chi connectivity index (χ4n) is 3.65. The molecule has 136 valence electrons. The number of benzene rings is 1. The minimum Gasteiger partial charge on any atom is -0.447 e. The summed E-state index contributed by atoms with van der Waals surface area (Å²) in [5.74, 6) is 0.0572. The fourth-order valence-corrected chi connectivity index (χ4v) is 4.47. The average Bonchev–Trinajstić information content (AvgIpc) is 3.27. The van der Waals surface area contributed by atoms with Crippen LogP contribution in [0.25, 0.3) is 10.6 Å². The molecule has 0 N–H and O–H groups in total. The smallest absolute Gasteiger partial charge is 0.410 e. The molecule has 4 rings (SSSR count). The number of carbonyl (C=O) groups excluding carboxylic acids is 2. The third-order valence-corrected chi connectivity index (χ3v) is 6.19. The van der Waals surface area contributed by atoms with E-state index in [0.29, 0.717) is 26.2 Å². The van der Waals surface area contributed by atoms with Crippen molar-refractivity contribution in [1.82, 2.24) is 14.8 Å². The SMILES string of the molecule is CCC12COC(=O)N1CCN(C(=O)Cc1csc(-c3ccccc3)n1)C2. The van der Waals surface area contributed by atoms with Gasteiger partial charge in [0.2, 0.25) is 5.91 Å². The lowest BCUT2D eigenvalue weighted by Crippen LogP contribution is -2.62. The molecule has 0 bridgehead atoms. The van der Waals surface area contributed by atoms with Crippen molar-refractivity contribution >= 4 is 23.3 Å². The summed E-state index contributed by atoms with van der Waals surface area (Å²) in [5.41, 5.74) is 1.49. The second kappa shape index (κ2) is 6.72. The largest absolute Gasteiger partial charge is 0.447 e. The van der Waals surface area contributed by atoms with Gasteiger partial charge >= 0.3 is 6.09 Å². The molecule has 0 spiro atoms. The summed E-state index contributed by atoms with van der Waals surface area (Å²) in [6, 6.07) is 9.98. The Hall–Kier alpha value is -2.41. The molecule has 2 aromatic rings. The molecule has 1 atom stereocenters. The van der Waals surface area contributed by atoms with E-state index in [1.54, 1.807) is 16.2 Å². The average molecular weight is 371 g/mol. The molecule has 1 aromatic heterocycles. The summed E-state index contributed by atoms with van der Waals surface area (Å²) in [6.07, 6.45) is 0.806. The van der Waals surface area contributed by atoms with Gasteiger partial charge in [-0.25, -0.2) is 9.78 Å². The summed E-state index contributed by atoms with van der Waals surface area (Å²) < 4.78 is 5.23. The van der Waals surface area contributed by atoms with E-state index in [2.05, 4.69) is 4.98 Å². The lowest BCUT2D eigenvalue weighted by molar-refractivity contribution is -0.134. The number of piperazine rings is 1. The van der Waals surface area contributed by atoms with Crippen LogP contribution in [0.1, 0.15) is 19.0 Å². The third kappa shape index (κ3) is 2.96. The fraction of sp³-hybridized carbons (Fsp3) is 0.421. The highest BCUT2D eigenvalue weighted by Gasteiger charge is 2.50.